The SMILES string of the molecule is CC/C=C\C/C=C\CC/C=C(\C#C[Si](C)(C)C)OC(C)=O. The third-order valence-electron chi connectivity index (χ3n) is 2.32. The number of carbonyl (C=O) groups is 1. The third-order valence-corrected chi connectivity index (χ3v) is 3.19. The van der Waals surface area contributed by atoms with Crippen molar-refractivity contribution in [2.75, 3.05) is 0 Å². The molecule has 21 heavy (non-hydrogen) atoms. The van der Waals surface area contributed by atoms with E-state index in [2.05, 4.69) is 62.3 Å². The van der Waals surface area contributed by atoms with Gasteiger partial charge in [0.1, 0.15) is 8.07 Å². The normalized spacial score (nSPS) is 12.5. The van der Waals surface area contributed by atoms with E-state index in [1.807, 2.05) is 6.08 Å². The number of carbonyl (C=O) groups excluding carboxylic acids is 1. The second kappa shape index (κ2) is 11.2. The highest BCUT2D eigenvalue weighted by molar-refractivity contribution is 6.83. The minimum Gasteiger partial charge on any atom is -0.418 e. The molecule has 2 nitrogen and oxygen atoms in total. The van der Waals surface area contributed by atoms with Gasteiger partial charge in [-0.15, -0.1) is 5.54 Å². The zero-order valence-electron chi connectivity index (χ0n) is 14.0. The van der Waals surface area contributed by atoms with E-state index >= 15 is 0 Å². The molecule has 0 aliphatic rings. The molecular weight excluding hydrogens is 276 g/mol. The Hall–Kier alpha value is -1.53. The van der Waals surface area contributed by atoms with Crippen LogP contribution in [0.2, 0.25) is 19.6 Å². The summed E-state index contributed by atoms with van der Waals surface area (Å²) < 4.78 is 5.14. The Morgan fingerprint density at radius 2 is 1.76 bits per heavy atom. The van der Waals surface area contributed by atoms with E-state index in [1.165, 1.54) is 6.92 Å². The molecule has 0 aliphatic carbocycles. The average Bonchev–Trinajstić information content (AvgIpc) is 2.37. The molecule has 0 aromatic carbocycles. The molecule has 0 atom stereocenters. The molecule has 0 fully saturated rings. The number of unbranched alkanes of at least 4 members (excludes halogenated alkanes) is 1. The number of hydrogen-bond acceptors (Lipinski definition) is 2. The van der Waals surface area contributed by atoms with Gasteiger partial charge in [0.15, 0.2) is 5.76 Å². The van der Waals surface area contributed by atoms with Crippen molar-refractivity contribution in [3.63, 3.8) is 0 Å². The molecule has 0 spiro atoms. The highest BCUT2D eigenvalue weighted by atomic mass is 28.3. The van der Waals surface area contributed by atoms with Crippen LogP contribution < -0.4 is 0 Å². The van der Waals surface area contributed by atoms with Crippen molar-refractivity contribution in [3.8, 4) is 11.5 Å². The number of rotatable bonds is 7. The van der Waals surface area contributed by atoms with E-state index in [9.17, 15) is 4.79 Å². The van der Waals surface area contributed by atoms with E-state index in [1.54, 1.807) is 0 Å². The lowest BCUT2D eigenvalue weighted by atomic mass is 10.2. The molecule has 3 heteroatoms. The molecule has 0 radical (unpaired) electrons. The summed E-state index contributed by atoms with van der Waals surface area (Å²) in [6.45, 7) is 10.0. The fourth-order valence-corrected chi connectivity index (χ4v) is 1.89. The van der Waals surface area contributed by atoms with Crippen molar-refractivity contribution in [2.24, 2.45) is 0 Å². The van der Waals surface area contributed by atoms with E-state index in [0.29, 0.717) is 5.76 Å². The highest BCUT2D eigenvalue weighted by Crippen LogP contribution is 2.04. The molecule has 0 aromatic rings. The summed E-state index contributed by atoms with van der Waals surface area (Å²) in [5, 5.41) is 0. The molecule has 0 saturated carbocycles. The fourth-order valence-electron chi connectivity index (χ4n) is 1.39. The van der Waals surface area contributed by atoms with Gasteiger partial charge in [-0.05, 0) is 37.7 Å². The molecular formula is C18H28O2Si. The summed E-state index contributed by atoms with van der Waals surface area (Å²) in [6.07, 6.45) is 14.3. The molecule has 0 N–H and O–H groups in total. The van der Waals surface area contributed by atoms with Gasteiger partial charge >= 0.3 is 5.97 Å². The summed E-state index contributed by atoms with van der Waals surface area (Å²) in [4.78, 5) is 11.1. The van der Waals surface area contributed by atoms with Crippen molar-refractivity contribution >= 4 is 14.0 Å². The Bertz CT molecular complexity index is 454. The van der Waals surface area contributed by atoms with E-state index in [-0.39, 0.29) is 5.97 Å². The quantitative estimate of drug-likeness (QED) is 0.165. The van der Waals surface area contributed by atoms with Crippen molar-refractivity contribution in [3.05, 3.63) is 36.1 Å². The van der Waals surface area contributed by atoms with Crippen LogP contribution in [-0.2, 0) is 9.53 Å². The fraction of sp³-hybridized carbons (Fsp3) is 0.500. The molecule has 0 saturated heterocycles. The van der Waals surface area contributed by atoms with Gasteiger partial charge in [-0.2, -0.15) is 0 Å². The summed E-state index contributed by atoms with van der Waals surface area (Å²) in [6, 6.07) is 0. The molecule has 0 heterocycles. The Labute approximate surface area is 131 Å². The minimum absolute atomic E-state index is 0.314. The zero-order chi connectivity index (χ0) is 16.1. The number of esters is 1. The molecule has 0 amide bonds. The first kappa shape index (κ1) is 19.5. The summed E-state index contributed by atoms with van der Waals surface area (Å²) in [5.74, 6) is 3.18. The van der Waals surface area contributed by atoms with Gasteiger partial charge in [0.2, 0.25) is 0 Å². The van der Waals surface area contributed by atoms with Crippen LogP contribution in [0, 0.1) is 11.5 Å². The monoisotopic (exact) mass is 304 g/mol. The average molecular weight is 305 g/mol. The van der Waals surface area contributed by atoms with Gasteiger partial charge in [0.25, 0.3) is 0 Å². The Morgan fingerprint density at radius 3 is 2.33 bits per heavy atom. The largest absolute Gasteiger partial charge is 0.418 e. The second-order valence-corrected chi connectivity index (χ2v) is 10.6. The van der Waals surface area contributed by atoms with E-state index < -0.39 is 8.07 Å². The smallest absolute Gasteiger partial charge is 0.308 e. The Morgan fingerprint density at radius 1 is 1.10 bits per heavy atom. The Kier molecular flexibility index (Phi) is 10.3. The molecule has 0 aliphatic heterocycles. The molecule has 0 rings (SSSR count). The van der Waals surface area contributed by atoms with Crippen LogP contribution in [0.25, 0.3) is 0 Å². The minimum atomic E-state index is -1.46. The molecule has 0 bridgehead atoms. The first-order valence-corrected chi connectivity index (χ1v) is 11.1. The van der Waals surface area contributed by atoms with Crippen LogP contribution in [0.5, 0.6) is 0 Å². The van der Waals surface area contributed by atoms with Crippen LogP contribution in [0.1, 0.15) is 39.5 Å². The highest BCUT2D eigenvalue weighted by Gasteiger charge is 2.08. The van der Waals surface area contributed by atoms with Crippen LogP contribution >= 0.6 is 0 Å². The van der Waals surface area contributed by atoms with Gasteiger partial charge < -0.3 is 4.74 Å². The maximum atomic E-state index is 11.1. The van der Waals surface area contributed by atoms with Gasteiger partial charge in [-0.1, -0.05) is 50.9 Å². The lowest BCUT2D eigenvalue weighted by molar-refractivity contribution is -0.136. The van der Waals surface area contributed by atoms with Gasteiger partial charge in [0.05, 0.1) is 0 Å². The predicted molar refractivity (Wildman–Crippen MR) is 93.4 cm³/mol. The molecule has 0 unspecified atom stereocenters. The van der Waals surface area contributed by atoms with Crippen LogP contribution in [-0.4, -0.2) is 14.0 Å². The number of allylic oxidation sites excluding steroid dienone is 6. The van der Waals surface area contributed by atoms with E-state index in [4.69, 9.17) is 4.74 Å². The lowest BCUT2D eigenvalue weighted by Gasteiger charge is -2.04. The lowest BCUT2D eigenvalue weighted by Crippen LogP contribution is -2.16. The standard InChI is InChI=1S/C18H28O2Si/c1-6-7-8-9-10-11-12-13-14-18(20-17(2)19)15-16-21(3,4)5/h7-8,10-11,14H,6,9,12-13H2,1-5H3/b8-7-,11-10-,18-14+. The maximum Gasteiger partial charge on any atom is 0.308 e. The van der Waals surface area contributed by atoms with Crippen LogP contribution in [0.4, 0.5) is 0 Å². The van der Waals surface area contributed by atoms with E-state index in [0.717, 1.165) is 25.7 Å². The van der Waals surface area contributed by atoms with Crippen molar-refractivity contribution < 1.29 is 9.53 Å². The van der Waals surface area contributed by atoms with Crippen LogP contribution in [0.15, 0.2) is 36.1 Å². The van der Waals surface area contributed by atoms with Crippen molar-refractivity contribution in [1.82, 2.24) is 0 Å². The van der Waals surface area contributed by atoms with Gasteiger partial charge in [0, 0.05) is 6.92 Å². The van der Waals surface area contributed by atoms with Crippen molar-refractivity contribution in [2.45, 2.75) is 59.2 Å². The summed E-state index contributed by atoms with van der Waals surface area (Å²) in [5.41, 5.74) is 3.22. The van der Waals surface area contributed by atoms with Gasteiger partial charge in [-0.3, -0.25) is 4.79 Å². The summed E-state index contributed by atoms with van der Waals surface area (Å²) >= 11 is 0. The summed E-state index contributed by atoms with van der Waals surface area (Å²) in [7, 11) is -1.46. The second-order valence-electron chi connectivity index (χ2n) is 5.83. The Balaban J connectivity index is 4.40. The van der Waals surface area contributed by atoms with Gasteiger partial charge in [-0.25, -0.2) is 0 Å². The van der Waals surface area contributed by atoms with Crippen molar-refractivity contribution in [1.29, 1.82) is 0 Å². The first-order valence-electron chi connectivity index (χ1n) is 7.57. The zero-order valence-corrected chi connectivity index (χ0v) is 15.0. The predicted octanol–water partition coefficient (Wildman–Crippen LogP) is 5.01. The number of ether oxygens (including phenoxy) is 1. The number of hydrogen-bond donors (Lipinski definition) is 0. The molecule has 116 valence electrons. The van der Waals surface area contributed by atoms with Crippen LogP contribution in [0.3, 0.4) is 0 Å². The third kappa shape index (κ3) is 14.7. The maximum absolute atomic E-state index is 11.1. The molecule has 0 aromatic heterocycles. The topological polar surface area (TPSA) is 26.3 Å². The first-order chi connectivity index (χ1) is 9.85.